The van der Waals surface area contributed by atoms with E-state index in [4.69, 9.17) is 9.47 Å². The Balaban J connectivity index is 2.46. The van der Waals surface area contributed by atoms with Gasteiger partial charge in [-0.15, -0.1) is 0 Å². The Labute approximate surface area is 166 Å². The standard InChI is InChI=1S/C19H25NO6S2/c1-5-15(6-2)27(21,22)17-11-12-19(26-4)18(13-17)20-28(23,24)16-9-7-14(25-3)8-10-16/h7-13,15,20H,5-6H2,1-4H3. The summed E-state index contributed by atoms with van der Waals surface area (Å²) in [5.41, 5.74) is 0.0605. The fourth-order valence-electron chi connectivity index (χ4n) is 2.82. The molecule has 0 radical (unpaired) electrons. The number of hydrogen-bond donors (Lipinski definition) is 1. The minimum absolute atomic E-state index is 0.0172. The van der Waals surface area contributed by atoms with Crippen molar-refractivity contribution < 1.29 is 26.3 Å². The zero-order valence-corrected chi connectivity index (χ0v) is 17.9. The number of sulfone groups is 1. The van der Waals surface area contributed by atoms with Crippen LogP contribution in [0.15, 0.2) is 52.3 Å². The first-order valence-corrected chi connectivity index (χ1v) is 11.8. The van der Waals surface area contributed by atoms with Crippen LogP contribution in [0.1, 0.15) is 26.7 Å². The Bertz CT molecular complexity index is 1010. The summed E-state index contributed by atoms with van der Waals surface area (Å²) in [4.78, 5) is 0.0676. The topological polar surface area (TPSA) is 98.8 Å². The van der Waals surface area contributed by atoms with Gasteiger partial charge in [-0.2, -0.15) is 0 Å². The van der Waals surface area contributed by atoms with E-state index in [0.717, 1.165) is 0 Å². The van der Waals surface area contributed by atoms with Gasteiger partial charge in [-0.1, -0.05) is 13.8 Å². The summed E-state index contributed by atoms with van der Waals surface area (Å²) in [6.07, 6.45) is 0.940. The van der Waals surface area contributed by atoms with Gasteiger partial charge in [0.2, 0.25) is 0 Å². The molecule has 0 unspecified atom stereocenters. The van der Waals surface area contributed by atoms with Gasteiger partial charge in [0.15, 0.2) is 9.84 Å². The molecular formula is C19H25NO6S2. The maximum absolute atomic E-state index is 12.8. The third-order valence-corrected chi connectivity index (χ3v) is 8.30. The van der Waals surface area contributed by atoms with Crippen molar-refractivity contribution >= 4 is 25.5 Å². The van der Waals surface area contributed by atoms with Gasteiger partial charge in [-0.3, -0.25) is 4.72 Å². The number of anilines is 1. The Morgan fingerprint density at radius 2 is 1.43 bits per heavy atom. The molecule has 0 atom stereocenters. The van der Waals surface area contributed by atoms with Gasteiger partial charge in [-0.25, -0.2) is 16.8 Å². The molecular weight excluding hydrogens is 402 g/mol. The molecule has 2 aromatic rings. The average Bonchev–Trinajstić information content (AvgIpc) is 2.68. The van der Waals surface area contributed by atoms with Gasteiger partial charge in [0.25, 0.3) is 10.0 Å². The highest BCUT2D eigenvalue weighted by Gasteiger charge is 2.26. The molecule has 9 heteroatoms. The van der Waals surface area contributed by atoms with E-state index in [1.807, 2.05) is 13.8 Å². The summed E-state index contributed by atoms with van der Waals surface area (Å²) in [5.74, 6) is 0.746. The van der Waals surface area contributed by atoms with Crippen molar-refractivity contribution in [2.75, 3.05) is 18.9 Å². The van der Waals surface area contributed by atoms with E-state index in [1.54, 1.807) is 0 Å². The first kappa shape index (κ1) is 22.0. The first-order chi connectivity index (χ1) is 13.2. The van der Waals surface area contributed by atoms with Gasteiger partial charge in [0, 0.05) is 0 Å². The predicted octanol–water partition coefficient (Wildman–Crippen LogP) is 3.47. The quantitative estimate of drug-likeness (QED) is 0.658. The van der Waals surface area contributed by atoms with Gasteiger partial charge >= 0.3 is 0 Å². The number of methoxy groups -OCH3 is 2. The number of benzene rings is 2. The number of hydrogen-bond acceptors (Lipinski definition) is 6. The molecule has 0 saturated carbocycles. The highest BCUT2D eigenvalue weighted by Crippen LogP contribution is 2.32. The van der Waals surface area contributed by atoms with Crippen LogP contribution < -0.4 is 14.2 Å². The van der Waals surface area contributed by atoms with Crippen LogP contribution in [0, 0.1) is 0 Å². The predicted molar refractivity (Wildman–Crippen MR) is 108 cm³/mol. The molecule has 2 aromatic carbocycles. The third kappa shape index (κ3) is 4.59. The molecule has 0 aliphatic heterocycles. The van der Waals surface area contributed by atoms with E-state index >= 15 is 0 Å². The lowest BCUT2D eigenvalue weighted by molar-refractivity contribution is 0.414. The molecule has 0 amide bonds. The minimum Gasteiger partial charge on any atom is -0.497 e. The summed E-state index contributed by atoms with van der Waals surface area (Å²) in [6.45, 7) is 3.62. The van der Waals surface area contributed by atoms with Crippen molar-refractivity contribution in [2.45, 2.75) is 41.7 Å². The number of nitrogens with one attached hydrogen (secondary N) is 1. The number of rotatable bonds is 9. The van der Waals surface area contributed by atoms with Crippen LogP contribution in [0.2, 0.25) is 0 Å². The van der Waals surface area contributed by atoms with Crippen LogP contribution in [0.4, 0.5) is 5.69 Å². The molecule has 7 nitrogen and oxygen atoms in total. The maximum atomic E-state index is 12.8. The molecule has 2 rings (SSSR count). The van der Waals surface area contributed by atoms with Crippen LogP contribution in [0.25, 0.3) is 0 Å². The second-order valence-electron chi connectivity index (χ2n) is 6.13. The highest BCUT2D eigenvalue weighted by molar-refractivity contribution is 7.93. The Hall–Kier alpha value is -2.26. The van der Waals surface area contributed by atoms with Crippen LogP contribution in [-0.2, 0) is 19.9 Å². The molecule has 0 fully saturated rings. The number of sulfonamides is 1. The Kier molecular flexibility index (Phi) is 6.95. The Morgan fingerprint density at radius 3 is 1.93 bits per heavy atom. The molecule has 154 valence electrons. The van der Waals surface area contributed by atoms with Gasteiger partial charge in [0.1, 0.15) is 11.5 Å². The maximum Gasteiger partial charge on any atom is 0.262 e. The molecule has 1 N–H and O–H groups in total. The molecule has 0 aliphatic rings. The first-order valence-electron chi connectivity index (χ1n) is 8.78. The van der Waals surface area contributed by atoms with Crippen molar-refractivity contribution in [3.8, 4) is 11.5 Å². The van der Waals surface area contributed by atoms with Gasteiger partial charge in [-0.05, 0) is 55.3 Å². The van der Waals surface area contributed by atoms with Crippen molar-refractivity contribution in [3.05, 3.63) is 42.5 Å². The zero-order chi connectivity index (χ0) is 20.9. The molecule has 28 heavy (non-hydrogen) atoms. The Morgan fingerprint density at radius 1 is 0.857 bits per heavy atom. The van der Waals surface area contributed by atoms with E-state index in [9.17, 15) is 16.8 Å². The molecule has 0 bridgehead atoms. The van der Waals surface area contributed by atoms with E-state index in [-0.39, 0.29) is 21.2 Å². The van der Waals surface area contributed by atoms with E-state index in [0.29, 0.717) is 18.6 Å². The lowest BCUT2D eigenvalue weighted by Gasteiger charge is -2.17. The summed E-state index contributed by atoms with van der Waals surface area (Å²) in [5, 5.41) is -0.535. The minimum atomic E-state index is -3.94. The van der Waals surface area contributed by atoms with Crippen LogP contribution in [-0.4, -0.2) is 36.3 Å². The lowest BCUT2D eigenvalue weighted by Crippen LogP contribution is -2.20. The third-order valence-electron chi connectivity index (χ3n) is 4.46. The van der Waals surface area contributed by atoms with Crippen LogP contribution in [0.5, 0.6) is 11.5 Å². The average molecular weight is 428 g/mol. The van der Waals surface area contributed by atoms with Crippen LogP contribution in [0.3, 0.4) is 0 Å². The van der Waals surface area contributed by atoms with Gasteiger partial charge in [0.05, 0.1) is 34.9 Å². The van der Waals surface area contributed by atoms with Crippen molar-refractivity contribution in [3.63, 3.8) is 0 Å². The second-order valence-corrected chi connectivity index (χ2v) is 10.0. The molecule has 0 aromatic heterocycles. The summed E-state index contributed by atoms with van der Waals surface area (Å²) >= 11 is 0. The highest BCUT2D eigenvalue weighted by atomic mass is 32.2. The van der Waals surface area contributed by atoms with E-state index in [2.05, 4.69) is 4.72 Å². The van der Waals surface area contributed by atoms with Crippen molar-refractivity contribution in [1.29, 1.82) is 0 Å². The molecule has 0 aliphatic carbocycles. The fraction of sp³-hybridized carbons (Fsp3) is 0.368. The summed E-state index contributed by atoms with van der Waals surface area (Å²) < 4.78 is 63.7. The van der Waals surface area contributed by atoms with Crippen LogP contribution >= 0.6 is 0 Å². The summed E-state index contributed by atoms with van der Waals surface area (Å²) in [6, 6.07) is 10.0. The summed E-state index contributed by atoms with van der Waals surface area (Å²) in [7, 11) is -4.66. The monoisotopic (exact) mass is 427 g/mol. The zero-order valence-electron chi connectivity index (χ0n) is 16.3. The lowest BCUT2D eigenvalue weighted by atomic mass is 10.3. The fourth-order valence-corrected chi connectivity index (χ4v) is 5.69. The normalized spacial score (nSPS) is 12.0. The molecule has 0 heterocycles. The van der Waals surface area contributed by atoms with Crippen molar-refractivity contribution in [1.82, 2.24) is 0 Å². The van der Waals surface area contributed by atoms with Crippen molar-refractivity contribution in [2.24, 2.45) is 0 Å². The SMILES string of the molecule is CCC(CC)S(=O)(=O)c1ccc(OC)c(NS(=O)(=O)c2ccc(OC)cc2)c1. The molecule has 0 spiro atoms. The number of ether oxygens (including phenoxy) is 2. The van der Waals surface area contributed by atoms with Gasteiger partial charge < -0.3 is 9.47 Å². The smallest absolute Gasteiger partial charge is 0.262 e. The second kappa shape index (κ2) is 8.83. The molecule has 0 saturated heterocycles. The van der Waals surface area contributed by atoms with E-state index < -0.39 is 25.1 Å². The largest absolute Gasteiger partial charge is 0.497 e. The van der Waals surface area contributed by atoms with E-state index in [1.165, 1.54) is 56.7 Å².